The lowest BCUT2D eigenvalue weighted by atomic mass is 10.00. The second-order valence-electron chi connectivity index (χ2n) is 4.31. The van der Waals surface area contributed by atoms with Gasteiger partial charge in [0.1, 0.15) is 0 Å². The van der Waals surface area contributed by atoms with Crippen LogP contribution in [-0.2, 0) is 4.79 Å². The molecular formula is C15H22O. The van der Waals surface area contributed by atoms with Gasteiger partial charge in [0, 0.05) is 12.0 Å². The standard InChI is InChI=1S/C12H14O.C3H8/c13-12-9-5-4-7-10-6-2-1-3-8-11(10)12;1-3-2/h1-2,6,8H,3-5,7,9H2;3H2,1-2H3. The minimum atomic E-state index is 0.340. The zero-order chi connectivity index (χ0) is 11.8. The molecule has 0 atom stereocenters. The Morgan fingerprint density at radius 3 is 2.62 bits per heavy atom. The van der Waals surface area contributed by atoms with E-state index in [0.717, 1.165) is 37.7 Å². The van der Waals surface area contributed by atoms with Crippen LogP contribution in [0.5, 0.6) is 0 Å². The van der Waals surface area contributed by atoms with E-state index in [1.165, 1.54) is 12.0 Å². The van der Waals surface area contributed by atoms with E-state index in [1.54, 1.807) is 0 Å². The predicted octanol–water partition coefficient (Wildman–Crippen LogP) is 4.36. The van der Waals surface area contributed by atoms with Gasteiger partial charge in [0.05, 0.1) is 0 Å². The van der Waals surface area contributed by atoms with Gasteiger partial charge in [-0.2, -0.15) is 0 Å². The van der Waals surface area contributed by atoms with Crippen molar-refractivity contribution in [3.63, 3.8) is 0 Å². The first kappa shape index (κ1) is 13.0. The van der Waals surface area contributed by atoms with Crippen molar-refractivity contribution < 1.29 is 4.79 Å². The fourth-order valence-electron chi connectivity index (χ4n) is 1.92. The van der Waals surface area contributed by atoms with E-state index in [1.807, 2.05) is 0 Å². The molecule has 0 aliphatic heterocycles. The van der Waals surface area contributed by atoms with Crippen molar-refractivity contribution in [3.05, 3.63) is 35.5 Å². The zero-order valence-corrected chi connectivity index (χ0v) is 10.5. The Labute approximate surface area is 98.9 Å². The molecule has 0 bridgehead atoms. The van der Waals surface area contributed by atoms with Crippen LogP contribution in [0.4, 0.5) is 0 Å². The summed E-state index contributed by atoms with van der Waals surface area (Å²) < 4.78 is 0. The van der Waals surface area contributed by atoms with Crippen LogP contribution in [0, 0.1) is 0 Å². The maximum atomic E-state index is 11.7. The van der Waals surface area contributed by atoms with E-state index in [9.17, 15) is 4.79 Å². The van der Waals surface area contributed by atoms with E-state index in [0.29, 0.717) is 5.78 Å². The first-order valence-corrected chi connectivity index (χ1v) is 6.39. The minimum Gasteiger partial charge on any atom is -0.294 e. The van der Waals surface area contributed by atoms with Crippen LogP contribution in [0.3, 0.4) is 0 Å². The number of carbonyl (C=O) groups is 1. The van der Waals surface area contributed by atoms with E-state index < -0.39 is 0 Å². The number of hydrogen-bond donors (Lipinski definition) is 0. The number of hydrogen-bond acceptors (Lipinski definition) is 1. The normalized spacial score (nSPS) is 19.5. The van der Waals surface area contributed by atoms with Crippen LogP contribution >= 0.6 is 0 Å². The highest BCUT2D eigenvalue weighted by molar-refractivity contribution is 6.00. The zero-order valence-electron chi connectivity index (χ0n) is 10.5. The molecule has 2 rings (SSSR count). The molecule has 88 valence electrons. The van der Waals surface area contributed by atoms with Gasteiger partial charge in [-0.3, -0.25) is 4.79 Å². The summed E-state index contributed by atoms with van der Waals surface area (Å²) >= 11 is 0. The second-order valence-corrected chi connectivity index (χ2v) is 4.31. The third-order valence-corrected chi connectivity index (χ3v) is 2.64. The third-order valence-electron chi connectivity index (χ3n) is 2.64. The monoisotopic (exact) mass is 218 g/mol. The summed E-state index contributed by atoms with van der Waals surface area (Å²) in [5, 5.41) is 0. The number of ketones is 1. The van der Waals surface area contributed by atoms with Crippen molar-refractivity contribution in [2.75, 3.05) is 0 Å². The average molecular weight is 218 g/mol. The van der Waals surface area contributed by atoms with Crippen LogP contribution in [-0.4, -0.2) is 5.78 Å². The molecule has 0 amide bonds. The molecule has 2 aliphatic rings. The summed E-state index contributed by atoms with van der Waals surface area (Å²) in [4.78, 5) is 11.7. The van der Waals surface area contributed by atoms with Crippen molar-refractivity contribution in [2.24, 2.45) is 0 Å². The smallest absolute Gasteiger partial charge is 0.162 e. The first-order valence-electron chi connectivity index (χ1n) is 6.39. The first-order chi connectivity index (χ1) is 7.79. The van der Waals surface area contributed by atoms with Crippen molar-refractivity contribution >= 4 is 5.78 Å². The number of fused-ring (bicyclic) bond motifs is 1. The van der Waals surface area contributed by atoms with Gasteiger partial charge in [-0.25, -0.2) is 0 Å². The summed E-state index contributed by atoms with van der Waals surface area (Å²) in [6.07, 6.45) is 14.5. The Kier molecular flexibility index (Phi) is 5.84. The lowest BCUT2D eigenvalue weighted by molar-refractivity contribution is -0.115. The molecule has 0 saturated heterocycles. The SMILES string of the molecule is CCC.O=C1CCCCC2=CC=CCC=C12. The molecule has 0 aromatic rings. The summed E-state index contributed by atoms with van der Waals surface area (Å²) in [6, 6.07) is 0. The van der Waals surface area contributed by atoms with Gasteiger partial charge >= 0.3 is 0 Å². The second kappa shape index (κ2) is 7.21. The summed E-state index contributed by atoms with van der Waals surface area (Å²) in [5.74, 6) is 0.340. The van der Waals surface area contributed by atoms with E-state index in [4.69, 9.17) is 0 Å². The minimum absolute atomic E-state index is 0.340. The fraction of sp³-hybridized carbons (Fsp3) is 0.533. The summed E-state index contributed by atoms with van der Waals surface area (Å²) in [7, 11) is 0. The van der Waals surface area contributed by atoms with E-state index in [-0.39, 0.29) is 0 Å². The number of allylic oxidation sites excluding steroid dienone is 6. The molecule has 2 aliphatic carbocycles. The summed E-state index contributed by atoms with van der Waals surface area (Å²) in [5.41, 5.74) is 2.23. The number of Topliss-reactive ketones (excluding diaryl/α,β-unsaturated/α-hetero) is 1. The van der Waals surface area contributed by atoms with Crippen LogP contribution in [0.2, 0.25) is 0 Å². The highest BCUT2D eigenvalue weighted by Gasteiger charge is 2.17. The fourth-order valence-corrected chi connectivity index (χ4v) is 1.92. The maximum absolute atomic E-state index is 11.7. The van der Waals surface area contributed by atoms with Gasteiger partial charge in [-0.1, -0.05) is 44.6 Å². The predicted molar refractivity (Wildman–Crippen MR) is 69.4 cm³/mol. The maximum Gasteiger partial charge on any atom is 0.162 e. The van der Waals surface area contributed by atoms with E-state index >= 15 is 0 Å². The Balaban J connectivity index is 0.000000386. The number of carbonyl (C=O) groups excluding carboxylic acids is 1. The molecule has 0 spiro atoms. The molecule has 1 fully saturated rings. The molecular weight excluding hydrogens is 196 g/mol. The Hall–Kier alpha value is -1.11. The average Bonchev–Trinajstić information content (AvgIpc) is 2.57. The van der Waals surface area contributed by atoms with Gasteiger partial charge in [0.15, 0.2) is 5.78 Å². The number of rotatable bonds is 0. The van der Waals surface area contributed by atoms with Crippen LogP contribution < -0.4 is 0 Å². The largest absolute Gasteiger partial charge is 0.294 e. The Morgan fingerprint density at radius 2 is 1.88 bits per heavy atom. The van der Waals surface area contributed by atoms with Crippen molar-refractivity contribution in [1.29, 1.82) is 0 Å². The van der Waals surface area contributed by atoms with Gasteiger partial charge in [0.2, 0.25) is 0 Å². The van der Waals surface area contributed by atoms with Gasteiger partial charge in [-0.05, 0) is 31.3 Å². The lowest BCUT2D eigenvalue weighted by Gasteiger charge is -2.03. The molecule has 1 nitrogen and oxygen atoms in total. The Morgan fingerprint density at radius 1 is 1.19 bits per heavy atom. The quantitative estimate of drug-likeness (QED) is 0.590. The highest BCUT2D eigenvalue weighted by atomic mass is 16.1. The molecule has 1 heteroatoms. The van der Waals surface area contributed by atoms with Gasteiger partial charge in [-0.15, -0.1) is 0 Å². The lowest BCUT2D eigenvalue weighted by Crippen LogP contribution is -2.01. The van der Waals surface area contributed by atoms with Crippen LogP contribution in [0.25, 0.3) is 0 Å². The van der Waals surface area contributed by atoms with Crippen LogP contribution in [0.15, 0.2) is 35.5 Å². The van der Waals surface area contributed by atoms with Crippen molar-refractivity contribution in [1.82, 2.24) is 0 Å². The molecule has 0 heterocycles. The van der Waals surface area contributed by atoms with Gasteiger partial charge < -0.3 is 0 Å². The molecule has 0 aromatic carbocycles. The molecule has 0 aromatic heterocycles. The highest BCUT2D eigenvalue weighted by Crippen LogP contribution is 2.26. The van der Waals surface area contributed by atoms with Crippen molar-refractivity contribution in [2.45, 2.75) is 52.4 Å². The molecule has 0 N–H and O–H groups in total. The van der Waals surface area contributed by atoms with Crippen LogP contribution in [0.1, 0.15) is 52.4 Å². The molecule has 16 heavy (non-hydrogen) atoms. The Bertz CT molecular complexity index is 318. The van der Waals surface area contributed by atoms with Gasteiger partial charge in [0.25, 0.3) is 0 Å². The topological polar surface area (TPSA) is 17.1 Å². The summed E-state index contributed by atoms with van der Waals surface area (Å²) in [6.45, 7) is 4.25. The molecule has 0 unspecified atom stereocenters. The van der Waals surface area contributed by atoms with E-state index in [2.05, 4.69) is 38.2 Å². The third kappa shape index (κ3) is 3.80. The molecule has 0 radical (unpaired) electrons. The van der Waals surface area contributed by atoms with Crippen molar-refractivity contribution in [3.8, 4) is 0 Å². The molecule has 1 saturated carbocycles.